The maximum Gasteiger partial charge on any atom is 0.246 e. The lowest BCUT2D eigenvalue weighted by Gasteiger charge is -2.20. The van der Waals surface area contributed by atoms with Crippen LogP contribution >= 0.6 is 0 Å². The van der Waals surface area contributed by atoms with Crippen molar-refractivity contribution in [3.63, 3.8) is 0 Å². The summed E-state index contributed by atoms with van der Waals surface area (Å²) in [4.78, 5) is 13.9. The molecule has 0 aliphatic carbocycles. The molecule has 1 rings (SSSR count). The number of aliphatic hydroxyl groups excluding tert-OH is 1. The molecule has 0 heterocycles. The lowest BCUT2D eigenvalue weighted by Crippen LogP contribution is -2.29. The summed E-state index contributed by atoms with van der Waals surface area (Å²) in [7, 11) is 1.63. The second-order valence-electron chi connectivity index (χ2n) is 9.47. The van der Waals surface area contributed by atoms with Crippen LogP contribution in [0.2, 0.25) is 0 Å². The minimum absolute atomic E-state index is 0.0904. The van der Waals surface area contributed by atoms with Gasteiger partial charge < -0.3 is 20.2 Å². The molecular formula is C29H43NO4. The number of phenolic OH excluding ortho intramolecular Hbond substituents is 2. The summed E-state index contributed by atoms with van der Waals surface area (Å²) in [6, 6.07) is 4.14. The maximum atomic E-state index is 12.5. The van der Waals surface area contributed by atoms with E-state index in [-0.39, 0.29) is 24.0 Å². The predicted octanol–water partition coefficient (Wildman–Crippen LogP) is 6.74. The Hall–Kier alpha value is -2.79. The fraction of sp³-hybridized carbons (Fsp3) is 0.483. The van der Waals surface area contributed by atoms with Crippen LogP contribution in [-0.2, 0) is 4.79 Å². The van der Waals surface area contributed by atoms with Gasteiger partial charge in [0.25, 0.3) is 0 Å². The summed E-state index contributed by atoms with van der Waals surface area (Å²) in [5, 5.41) is 29.3. The summed E-state index contributed by atoms with van der Waals surface area (Å²) >= 11 is 0. The van der Waals surface area contributed by atoms with Crippen LogP contribution in [-0.4, -0.2) is 39.7 Å². The Balaban J connectivity index is 2.44. The molecule has 3 N–H and O–H groups in total. The van der Waals surface area contributed by atoms with Gasteiger partial charge in [0.1, 0.15) is 0 Å². The summed E-state index contributed by atoms with van der Waals surface area (Å²) in [6.45, 7) is 10.7. The number of rotatable bonds is 13. The first-order chi connectivity index (χ1) is 16.0. The van der Waals surface area contributed by atoms with E-state index < -0.39 is 6.10 Å². The van der Waals surface area contributed by atoms with Gasteiger partial charge in [-0.1, -0.05) is 46.6 Å². The van der Waals surface area contributed by atoms with Crippen molar-refractivity contribution in [1.82, 2.24) is 4.90 Å². The van der Waals surface area contributed by atoms with Crippen LogP contribution in [0.3, 0.4) is 0 Å². The fourth-order valence-electron chi connectivity index (χ4n) is 3.48. The Morgan fingerprint density at radius 3 is 1.91 bits per heavy atom. The highest BCUT2D eigenvalue weighted by molar-refractivity contribution is 5.88. The molecule has 1 amide bonds. The van der Waals surface area contributed by atoms with Crippen molar-refractivity contribution in [1.29, 1.82) is 0 Å². The quantitative estimate of drug-likeness (QED) is 0.170. The number of allylic oxidation sites excluding steroid dienone is 7. The second-order valence-corrected chi connectivity index (χ2v) is 9.47. The van der Waals surface area contributed by atoms with Gasteiger partial charge in [-0.25, -0.2) is 0 Å². The lowest BCUT2D eigenvalue weighted by molar-refractivity contribution is -0.126. The largest absolute Gasteiger partial charge is 0.504 e. The monoisotopic (exact) mass is 469 g/mol. The molecule has 1 unspecified atom stereocenters. The van der Waals surface area contributed by atoms with Crippen LogP contribution < -0.4 is 0 Å². The molecule has 0 saturated heterocycles. The predicted molar refractivity (Wildman–Crippen MR) is 141 cm³/mol. The number of amides is 1. The van der Waals surface area contributed by atoms with Gasteiger partial charge in [-0.2, -0.15) is 0 Å². The van der Waals surface area contributed by atoms with Gasteiger partial charge in [-0.15, -0.1) is 0 Å². The number of phenols is 2. The van der Waals surface area contributed by atoms with Crippen LogP contribution in [0.1, 0.15) is 84.8 Å². The normalized spacial score (nSPS) is 13.6. The number of benzene rings is 1. The minimum atomic E-state index is -0.954. The summed E-state index contributed by atoms with van der Waals surface area (Å²) < 4.78 is 0. The molecule has 1 atom stereocenters. The number of carbonyl (C=O) groups is 1. The molecule has 0 bridgehead atoms. The molecule has 34 heavy (non-hydrogen) atoms. The maximum absolute atomic E-state index is 12.5. The van der Waals surface area contributed by atoms with E-state index in [1.165, 1.54) is 39.8 Å². The van der Waals surface area contributed by atoms with E-state index in [4.69, 9.17) is 0 Å². The van der Waals surface area contributed by atoms with Gasteiger partial charge in [-0.05, 0) is 90.8 Å². The molecule has 0 radical (unpaired) electrons. The molecule has 0 aromatic heterocycles. The first-order valence-electron chi connectivity index (χ1n) is 12.1. The van der Waals surface area contributed by atoms with Crippen molar-refractivity contribution in [2.45, 2.75) is 79.2 Å². The van der Waals surface area contributed by atoms with Crippen molar-refractivity contribution >= 4 is 5.91 Å². The van der Waals surface area contributed by atoms with E-state index in [9.17, 15) is 20.1 Å². The average molecular weight is 470 g/mol. The van der Waals surface area contributed by atoms with Crippen molar-refractivity contribution in [2.75, 3.05) is 13.6 Å². The molecular weight excluding hydrogens is 426 g/mol. The van der Waals surface area contributed by atoms with Gasteiger partial charge in [0, 0.05) is 13.1 Å². The van der Waals surface area contributed by atoms with Crippen molar-refractivity contribution in [3.8, 4) is 11.5 Å². The molecule has 0 aliphatic heterocycles. The first kappa shape index (κ1) is 29.2. The first-order valence-corrected chi connectivity index (χ1v) is 12.1. The highest BCUT2D eigenvalue weighted by Gasteiger charge is 2.15. The van der Waals surface area contributed by atoms with Crippen LogP contribution in [0, 0.1) is 0 Å². The third-order valence-electron chi connectivity index (χ3n) is 5.73. The number of nitrogens with zero attached hydrogens (tertiary/aromatic N) is 1. The molecule has 5 nitrogen and oxygen atoms in total. The molecule has 1 aromatic rings. The van der Waals surface area contributed by atoms with E-state index in [1.807, 2.05) is 6.92 Å². The van der Waals surface area contributed by atoms with E-state index in [2.05, 4.69) is 45.9 Å². The lowest BCUT2D eigenvalue weighted by atomic mass is 10.0. The van der Waals surface area contributed by atoms with E-state index in [1.54, 1.807) is 13.1 Å². The Kier molecular flexibility index (Phi) is 13.1. The highest BCUT2D eigenvalue weighted by Crippen LogP contribution is 2.28. The average Bonchev–Trinajstić information content (AvgIpc) is 2.75. The Bertz CT molecular complexity index is 920. The van der Waals surface area contributed by atoms with E-state index >= 15 is 0 Å². The molecule has 0 fully saturated rings. The molecule has 0 spiro atoms. The van der Waals surface area contributed by atoms with Crippen LogP contribution in [0.25, 0.3) is 0 Å². The number of aromatic hydroxyl groups is 2. The number of hydrogen-bond acceptors (Lipinski definition) is 4. The van der Waals surface area contributed by atoms with Gasteiger partial charge >= 0.3 is 0 Å². The van der Waals surface area contributed by atoms with Gasteiger partial charge in [-0.3, -0.25) is 4.79 Å². The Morgan fingerprint density at radius 2 is 1.38 bits per heavy atom. The zero-order valence-corrected chi connectivity index (χ0v) is 21.8. The molecule has 0 aliphatic rings. The minimum Gasteiger partial charge on any atom is -0.504 e. The smallest absolute Gasteiger partial charge is 0.246 e. The van der Waals surface area contributed by atoms with Crippen molar-refractivity contribution in [3.05, 3.63) is 70.4 Å². The van der Waals surface area contributed by atoms with Crippen LogP contribution in [0.4, 0.5) is 0 Å². The molecule has 188 valence electrons. The van der Waals surface area contributed by atoms with E-state index in [0.29, 0.717) is 5.56 Å². The van der Waals surface area contributed by atoms with Gasteiger partial charge in [0.2, 0.25) is 5.91 Å². The molecule has 0 saturated carbocycles. The molecule has 1 aromatic carbocycles. The fourth-order valence-corrected chi connectivity index (χ4v) is 3.48. The van der Waals surface area contributed by atoms with Gasteiger partial charge in [0.05, 0.1) is 12.6 Å². The highest BCUT2D eigenvalue weighted by atomic mass is 16.3. The molecule has 5 heteroatoms. The summed E-state index contributed by atoms with van der Waals surface area (Å²) in [6.07, 6.45) is 13.6. The van der Waals surface area contributed by atoms with E-state index in [0.717, 1.165) is 44.1 Å². The van der Waals surface area contributed by atoms with Crippen LogP contribution in [0.5, 0.6) is 11.5 Å². The van der Waals surface area contributed by atoms with Crippen molar-refractivity contribution < 1.29 is 20.1 Å². The topological polar surface area (TPSA) is 81.0 Å². The third-order valence-corrected chi connectivity index (χ3v) is 5.73. The zero-order valence-electron chi connectivity index (χ0n) is 21.8. The zero-order chi connectivity index (χ0) is 25.7. The summed E-state index contributed by atoms with van der Waals surface area (Å²) in [5.41, 5.74) is 5.61. The number of hydrogen-bond donors (Lipinski definition) is 3. The van der Waals surface area contributed by atoms with Crippen molar-refractivity contribution in [2.24, 2.45) is 0 Å². The standard InChI is InChI=1S/C29H43NO4/c1-21(2)10-7-11-22(3)12-8-13-23(4)14-9-15-24(5)18-29(34)30(6)20-28(33)25-16-17-26(31)27(32)19-25/h10,12,14,16-19,28,31-33H,7-9,11,13,15,20H2,1-6H3. The second kappa shape index (κ2) is 15.2. The third kappa shape index (κ3) is 11.9. The SMILES string of the molecule is CC(C)=CCCC(C)=CCCC(C)=CCCC(C)=CC(=O)N(C)CC(O)c1ccc(O)c(O)c1. The Labute approximate surface area is 205 Å². The van der Waals surface area contributed by atoms with Gasteiger partial charge in [0.15, 0.2) is 11.5 Å². The van der Waals surface area contributed by atoms with Crippen LogP contribution in [0.15, 0.2) is 64.8 Å². The Morgan fingerprint density at radius 1 is 0.853 bits per heavy atom. The number of aliphatic hydroxyl groups is 1. The number of carbonyl (C=O) groups excluding carboxylic acids is 1. The summed E-state index contributed by atoms with van der Waals surface area (Å²) in [5.74, 6) is -0.714. The number of likely N-dealkylation sites (N-methyl/N-ethyl adjacent to an activating group) is 1.